The molecule has 0 saturated heterocycles. The van der Waals surface area contributed by atoms with Crippen LogP contribution in [0.4, 0.5) is 11.4 Å². The number of nitrogens with one attached hydrogen (secondary N) is 1. The van der Waals surface area contributed by atoms with Gasteiger partial charge in [-0.05, 0) is 67.9 Å². The first kappa shape index (κ1) is 15.9. The van der Waals surface area contributed by atoms with Crippen molar-refractivity contribution in [1.29, 1.82) is 0 Å². The van der Waals surface area contributed by atoms with Crippen molar-refractivity contribution in [1.82, 2.24) is 4.98 Å². The fraction of sp³-hybridized carbons (Fsp3) is 0.400. The number of benzene rings is 1. The number of fused-ring (bicyclic) bond motifs is 2. The summed E-state index contributed by atoms with van der Waals surface area (Å²) in [5.74, 6) is -0.222. The van der Waals surface area contributed by atoms with Gasteiger partial charge in [0.15, 0.2) is 0 Å². The van der Waals surface area contributed by atoms with Crippen molar-refractivity contribution in [2.75, 3.05) is 17.2 Å². The molecule has 130 valence electrons. The summed E-state index contributed by atoms with van der Waals surface area (Å²) < 4.78 is 0. The van der Waals surface area contributed by atoms with Gasteiger partial charge in [0.2, 0.25) is 0 Å². The fourth-order valence-corrected chi connectivity index (χ4v) is 4.02. The number of carbonyl (C=O) groups excluding carboxylic acids is 1. The van der Waals surface area contributed by atoms with Crippen LogP contribution in [0.2, 0.25) is 0 Å². The second-order valence-electron chi connectivity index (χ2n) is 6.98. The van der Waals surface area contributed by atoms with Gasteiger partial charge in [-0.25, -0.2) is 0 Å². The third-order valence-corrected chi connectivity index (χ3v) is 5.35. The molecule has 2 aliphatic rings. The van der Waals surface area contributed by atoms with Crippen LogP contribution in [0.1, 0.15) is 52.9 Å². The van der Waals surface area contributed by atoms with Crippen LogP contribution in [0.5, 0.6) is 0 Å². The number of nitrogen functional groups attached to an aromatic ring is 1. The Balaban J connectivity index is 1.75. The largest absolute Gasteiger partial charge is 0.398 e. The second kappa shape index (κ2) is 6.39. The number of pyridine rings is 1. The molecule has 0 fully saturated rings. The number of H-pyrrole nitrogens is 1. The van der Waals surface area contributed by atoms with Gasteiger partial charge in [-0.1, -0.05) is 12.5 Å². The number of hydrogen-bond acceptors (Lipinski definition) is 3. The Labute approximate surface area is 146 Å². The second-order valence-corrected chi connectivity index (χ2v) is 6.98. The first-order valence-electron chi connectivity index (χ1n) is 9.09. The van der Waals surface area contributed by atoms with E-state index in [0.29, 0.717) is 12.2 Å². The standard InChI is InChI=1S/C20H23N3O2/c21-16-8-4-10-18-14(16)7-5-11-23(18)20(25)15-12-13-6-2-1-3-9-17(13)22-19(15)24/h4,8,10,12H,1-3,5-7,9,11,21H2,(H,22,24). The number of hydrogen-bond donors (Lipinski definition) is 2. The summed E-state index contributed by atoms with van der Waals surface area (Å²) in [5.41, 5.74) is 10.7. The summed E-state index contributed by atoms with van der Waals surface area (Å²) in [5, 5.41) is 0. The molecule has 0 saturated carbocycles. The van der Waals surface area contributed by atoms with Gasteiger partial charge >= 0.3 is 0 Å². The summed E-state index contributed by atoms with van der Waals surface area (Å²) in [7, 11) is 0. The average molecular weight is 337 g/mol. The van der Waals surface area contributed by atoms with Crippen LogP contribution in [-0.2, 0) is 19.3 Å². The van der Waals surface area contributed by atoms with Gasteiger partial charge in [0.25, 0.3) is 11.5 Å². The molecular weight excluding hydrogens is 314 g/mol. The van der Waals surface area contributed by atoms with Crippen LogP contribution in [0, 0.1) is 0 Å². The maximum Gasteiger partial charge on any atom is 0.263 e. The molecule has 2 aromatic rings. The van der Waals surface area contributed by atoms with E-state index in [1.54, 1.807) is 4.90 Å². The van der Waals surface area contributed by atoms with Crippen LogP contribution in [0.25, 0.3) is 0 Å². The number of aromatic amines is 1. The van der Waals surface area contributed by atoms with E-state index in [1.807, 2.05) is 24.3 Å². The average Bonchev–Trinajstić information content (AvgIpc) is 2.85. The van der Waals surface area contributed by atoms with Crippen molar-refractivity contribution >= 4 is 17.3 Å². The molecule has 0 spiro atoms. The maximum absolute atomic E-state index is 13.1. The van der Waals surface area contributed by atoms with Gasteiger partial charge in [-0.2, -0.15) is 0 Å². The summed E-state index contributed by atoms with van der Waals surface area (Å²) in [6.07, 6.45) is 6.91. The third kappa shape index (κ3) is 2.84. The molecule has 1 aliphatic carbocycles. The van der Waals surface area contributed by atoms with Crippen molar-refractivity contribution in [3.05, 3.63) is 57.0 Å². The fourth-order valence-electron chi connectivity index (χ4n) is 4.02. The number of amides is 1. The van der Waals surface area contributed by atoms with Crippen LogP contribution in [-0.4, -0.2) is 17.4 Å². The number of aromatic nitrogens is 1. The van der Waals surface area contributed by atoms with Gasteiger partial charge in [0.1, 0.15) is 5.56 Å². The highest BCUT2D eigenvalue weighted by Gasteiger charge is 2.27. The van der Waals surface area contributed by atoms with Crippen LogP contribution < -0.4 is 16.2 Å². The Morgan fingerprint density at radius 1 is 1.08 bits per heavy atom. The number of rotatable bonds is 1. The molecule has 1 aliphatic heterocycles. The van der Waals surface area contributed by atoms with E-state index >= 15 is 0 Å². The predicted octanol–water partition coefficient (Wildman–Crippen LogP) is 2.82. The van der Waals surface area contributed by atoms with E-state index < -0.39 is 0 Å². The highest BCUT2D eigenvalue weighted by Crippen LogP contribution is 2.32. The summed E-state index contributed by atoms with van der Waals surface area (Å²) in [6, 6.07) is 7.46. The molecule has 1 aromatic heterocycles. The topological polar surface area (TPSA) is 79.2 Å². The van der Waals surface area contributed by atoms with Gasteiger partial charge in [-0.15, -0.1) is 0 Å². The Kier molecular flexibility index (Phi) is 4.07. The van der Waals surface area contributed by atoms with Crippen molar-refractivity contribution < 1.29 is 4.79 Å². The lowest BCUT2D eigenvalue weighted by molar-refractivity contribution is 0.0983. The first-order chi connectivity index (χ1) is 12.1. The molecule has 2 heterocycles. The minimum atomic E-state index is -0.276. The molecule has 5 nitrogen and oxygen atoms in total. The number of nitrogens with two attached hydrogens (primary N) is 1. The first-order valence-corrected chi connectivity index (χ1v) is 9.09. The van der Waals surface area contributed by atoms with E-state index in [1.165, 1.54) is 6.42 Å². The zero-order valence-electron chi connectivity index (χ0n) is 14.3. The molecule has 0 bridgehead atoms. The monoisotopic (exact) mass is 337 g/mol. The minimum Gasteiger partial charge on any atom is -0.398 e. The van der Waals surface area contributed by atoms with Crippen molar-refractivity contribution in [2.24, 2.45) is 0 Å². The summed E-state index contributed by atoms with van der Waals surface area (Å²) in [4.78, 5) is 30.3. The summed E-state index contributed by atoms with van der Waals surface area (Å²) >= 11 is 0. The molecule has 5 heteroatoms. The van der Waals surface area contributed by atoms with Crippen molar-refractivity contribution in [3.8, 4) is 0 Å². The summed E-state index contributed by atoms with van der Waals surface area (Å²) in [6.45, 7) is 0.617. The molecule has 1 amide bonds. The smallest absolute Gasteiger partial charge is 0.263 e. The Morgan fingerprint density at radius 3 is 2.80 bits per heavy atom. The third-order valence-electron chi connectivity index (χ3n) is 5.35. The molecule has 3 N–H and O–H groups in total. The van der Waals surface area contributed by atoms with Crippen LogP contribution in [0.3, 0.4) is 0 Å². The van der Waals surface area contributed by atoms with Gasteiger partial charge in [0, 0.05) is 23.6 Å². The Hall–Kier alpha value is -2.56. The molecule has 0 radical (unpaired) electrons. The number of carbonyl (C=O) groups is 1. The van der Waals surface area contributed by atoms with E-state index in [9.17, 15) is 9.59 Å². The normalized spacial score (nSPS) is 16.7. The number of nitrogens with zero attached hydrogens (tertiary/aromatic N) is 1. The van der Waals surface area contributed by atoms with Crippen molar-refractivity contribution in [3.63, 3.8) is 0 Å². The molecule has 1 aromatic carbocycles. The van der Waals surface area contributed by atoms with Gasteiger partial charge in [0.05, 0.1) is 0 Å². The number of aryl methyl sites for hydroxylation is 2. The molecule has 0 unspecified atom stereocenters. The molecular formula is C20H23N3O2. The lowest BCUT2D eigenvalue weighted by atomic mass is 9.98. The minimum absolute atomic E-state index is 0.222. The van der Waals surface area contributed by atoms with E-state index in [4.69, 9.17) is 5.73 Å². The van der Waals surface area contributed by atoms with E-state index in [0.717, 1.165) is 61.0 Å². The van der Waals surface area contributed by atoms with E-state index in [2.05, 4.69) is 4.98 Å². The zero-order chi connectivity index (χ0) is 17.4. The Bertz CT molecular complexity index is 885. The molecule has 0 atom stereocenters. The van der Waals surface area contributed by atoms with Gasteiger partial charge in [-0.3, -0.25) is 9.59 Å². The van der Waals surface area contributed by atoms with Crippen molar-refractivity contribution in [2.45, 2.75) is 44.9 Å². The zero-order valence-corrected chi connectivity index (χ0v) is 14.3. The number of anilines is 2. The molecule has 25 heavy (non-hydrogen) atoms. The molecule has 4 rings (SSSR count). The quantitative estimate of drug-likeness (QED) is 0.620. The lowest BCUT2D eigenvalue weighted by Crippen LogP contribution is -2.38. The maximum atomic E-state index is 13.1. The van der Waals surface area contributed by atoms with Crippen LogP contribution >= 0.6 is 0 Å². The van der Waals surface area contributed by atoms with Gasteiger partial charge < -0.3 is 15.6 Å². The highest BCUT2D eigenvalue weighted by molar-refractivity contribution is 6.07. The van der Waals surface area contributed by atoms with Crippen LogP contribution in [0.15, 0.2) is 29.1 Å². The van der Waals surface area contributed by atoms with E-state index in [-0.39, 0.29) is 17.0 Å². The highest BCUT2D eigenvalue weighted by atomic mass is 16.2. The Morgan fingerprint density at radius 2 is 1.92 bits per heavy atom. The lowest BCUT2D eigenvalue weighted by Gasteiger charge is -2.30. The predicted molar refractivity (Wildman–Crippen MR) is 99.2 cm³/mol. The SMILES string of the molecule is Nc1cccc2c1CCCN2C(=O)c1cc2c([nH]c1=O)CCCCC2.